The lowest BCUT2D eigenvalue weighted by Crippen LogP contribution is -2.28. The lowest BCUT2D eigenvalue weighted by Gasteiger charge is -2.19. The summed E-state index contributed by atoms with van der Waals surface area (Å²) in [5.74, 6) is -0.635. The predicted octanol–water partition coefficient (Wildman–Crippen LogP) is 3.77. The van der Waals surface area contributed by atoms with Gasteiger partial charge in [0.1, 0.15) is 24.7 Å². The zero-order valence-electron chi connectivity index (χ0n) is 16.1. The molecule has 4 rings (SSSR count). The van der Waals surface area contributed by atoms with Crippen molar-refractivity contribution >= 4 is 5.91 Å². The minimum Gasteiger partial charge on any atom is -0.486 e. The number of alkyl halides is 3. The van der Waals surface area contributed by atoms with Gasteiger partial charge in [-0.15, -0.1) is 0 Å². The van der Waals surface area contributed by atoms with Crippen LogP contribution in [-0.2, 0) is 12.6 Å². The van der Waals surface area contributed by atoms with Crippen LogP contribution in [0.4, 0.5) is 17.6 Å². The van der Waals surface area contributed by atoms with Crippen LogP contribution in [0.5, 0.6) is 11.5 Å². The van der Waals surface area contributed by atoms with Crippen LogP contribution in [0.25, 0.3) is 5.69 Å². The van der Waals surface area contributed by atoms with Crippen molar-refractivity contribution in [3.63, 3.8) is 0 Å². The molecule has 0 radical (unpaired) electrons. The number of amides is 1. The summed E-state index contributed by atoms with van der Waals surface area (Å²) < 4.78 is 66.4. The average Bonchev–Trinajstić information content (AvgIpc) is 3.19. The summed E-state index contributed by atoms with van der Waals surface area (Å²) in [6, 6.07) is 10.2. The van der Waals surface area contributed by atoms with E-state index in [9.17, 15) is 22.4 Å². The van der Waals surface area contributed by atoms with Crippen LogP contribution in [-0.4, -0.2) is 35.4 Å². The molecule has 10 heteroatoms. The van der Waals surface area contributed by atoms with Gasteiger partial charge in [-0.05, 0) is 36.2 Å². The Kier molecular flexibility index (Phi) is 5.53. The third kappa shape index (κ3) is 4.32. The van der Waals surface area contributed by atoms with E-state index in [0.717, 1.165) is 23.9 Å². The number of fused-ring (bicyclic) bond motifs is 1. The number of halogens is 4. The van der Waals surface area contributed by atoms with E-state index in [2.05, 4.69) is 10.4 Å². The van der Waals surface area contributed by atoms with Gasteiger partial charge in [0.25, 0.3) is 5.91 Å². The van der Waals surface area contributed by atoms with Crippen LogP contribution in [0.15, 0.2) is 48.7 Å². The Bertz CT molecular complexity index is 1110. The van der Waals surface area contributed by atoms with Gasteiger partial charge in [0.2, 0.25) is 0 Å². The molecule has 0 spiro atoms. The maximum atomic E-state index is 14.0. The normalized spacial score (nSPS) is 13.2. The second kappa shape index (κ2) is 8.29. The molecule has 1 amide bonds. The van der Waals surface area contributed by atoms with E-state index in [4.69, 9.17) is 9.47 Å². The molecule has 31 heavy (non-hydrogen) atoms. The molecule has 3 aromatic rings. The number of aromatic nitrogens is 2. The van der Waals surface area contributed by atoms with E-state index >= 15 is 0 Å². The number of para-hydroxylation sites is 1. The fourth-order valence-corrected chi connectivity index (χ4v) is 3.25. The zero-order valence-corrected chi connectivity index (χ0v) is 16.1. The van der Waals surface area contributed by atoms with Gasteiger partial charge >= 0.3 is 6.18 Å². The summed E-state index contributed by atoms with van der Waals surface area (Å²) in [6.07, 6.45) is -3.76. The van der Waals surface area contributed by atoms with Gasteiger partial charge in [-0.2, -0.15) is 18.3 Å². The first-order valence-electron chi connectivity index (χ1n) is 9.41. The van der Waals surface area contributed by atoms with Crippen molar-refractivity contribution in [3.05, 3.63) is 71.3 Å². The van der Waals surface area contributed by atoms with E-state index in [1.807, 2.05) is 0 Å². The molecule has 0 unspecified atom stereocenters. The maximum Gasteiger partial charge on any atom is 0.434 e. The van der Waals surface area contributed by atoms with Crippen molar-refractivity contribution in [2.75, 3.05) is 19.8 Å². The Hall–Kier alpha value is -3.56. The molecular weight excluding hydrogens is 418 g/mol. The highest BCUT2D eigenvalue weighted by Gasteiger charge is 2.41. The van der Waals surface area contributed by atoms with Crippen LogP contribution in [0, 0.1) is 5.82 Å². The Morgan fingerprint density at radius 1 is 1.10 bits per heavy atom. The number of carbonyl (C=O) groups excluding carboxylic acids is 1. The SMILES string of the molecule is O=C(NCCc1ccc2c(c1)OCCO2)c1cnn(-c2ccccc2F)c1C(F)(F)F. The van der Waals surface area contributed by atoms with Crippen LogP contribution < -0.4 is 14.8 Å². The number of nitrogens with one attached hydrogen (secondary N) is 1. The van der Waals surface area contributed by atoms with Crippen molar-refractivity contribution in [2.45, 2.75) is 12.6 Å². The molecule has 1 aromatic heterocycles. The van der Waals surface area contributed by atoms with Crippen molar-refractivity contribution in [1.29, 1.82) is 0 Å². The first-order chi connectivity index (χ1) is 14.8. The van der Waals surface area contributed by atoms with Crippen molar-refractivity contribution in [2.24, 2.45) is 0 Å². The molecule has 0 atom stereocenters. The maximum absolute atomic E-state index is 14.0. The highest BCUT2D eigenvalue weighted by molar-refractivity contribution is 5.95. The molecule has 1 aliphatic rings. The first kappa shape index (κ1) is 20.7. The fourth-order valence-electron chi connectivity index (χ4n) is 3.25. The van der Waals surface area contributed by atoms with E-state index in [1.165, 1.54) is 12.1 Å². The van der Waals surface area contributed by atoms with Gasteiger partial charge in [-0.3, -0.25) is 4.79 Å². The van der Waals surface area contributed by atoms with Crippen molar-refractivity contribution in [1.82, 2.24) is 15.1 Å². The van der Waals surface area contributed by atoms with E-state index in [0.29, 0.717) is 35.8 Å². The number of rotatable bonds is 5. The summed E-state index contributed by atoms with van der Waals surface area (Å²) in [5, 5.41) is 6.08. The van der Waals surface area contributed by atoms with Crippen molar-refractivity contribution in [3.8, 4) is 17.2 Å². The van der Waals surface area contributed by atoms with E-state index < -0.39 is 34.8 Å². The van der Waals surface area contributed by atoms with Crippen LogP contribution >= 0.6 is 0 Å². The smallest absolute Gasteiger partial charge is 0.434 e. The average molecular weight is 435 g/mol. The summed E-state index contributed by atoms with van der Waals surface area (Å²) >= 11 is 0. The largest absolute Gasteiger partial charge is 0.486 e. The Labute approximate surface area is 174 Å². The molecule has 0 bridgehead atoms. The summed E-state index contributed by atoms with van der Waals surface area (Å²) in [7, 11) is 0. The number of benzene rings is 2. The number of nitrogens with zero attached hydrogens (tertiary/aromatic N) is 2. The molecule has 162 valence electrons. The number of ether oxygens (including phenoxy) is 2. The molecule has 6 nitrogen and oxygen atoms in total. The van der Waals surface area contributed by atoms with Crippen molar-refractivity contribution < 1.29 is 31.8 Å². The summed E-state index contributed by atoms with van der Waals surface area (Å²) in [6.45, 7) is 0.977. The van der Waals surface area contributed by atoms with Gasteiger partial charge in [-0.25, -0.2) is 9.07 Å². The molecule has 1 aliphatic heterocycles. The molecule has 0 aliphatic carbocycles. The zero-order chi connectivity index (χ0) is 22.0. The minimum absolute atomic E-state index is 0.0840. The second-order valence-corrected chi connectivity index (χ2v) is 6.75. The fraction of sp³-hybridized carbons (Fsp3) is 0.238. The van der Waals surface area contributed by atoms with Crippen LogP contribution in [0.2, 0.25) is 0 Å². The summed E-state index contributed by atoms with van der Waals surface area (Å²) in [5.41, 5.74) is -1.60. The topological polar surface area (TPSA) is 65.4 Å². The van der Waals surface area contributed by atoms with E-state index in [-0.39, 0.29) is 6.54 Å². The molecule has 1 N–H and O–H groups in total. The molecule has 0 saturated heterocycles. The number of hydrogen-bond donors (Lipinski definition) is 1. The molecule has 0 fully saturated rings. The van der Waals surface area contributed by atoms with Gasteiger partial charge < -0.3 is 14.8 Å². The first-order valence-corrected chi connectivity index (χ1v) is 9.41. The van der Waals surface area contributed by atoms with Crippen LogP contribution in [0.1, 0.15) is 21.6 Å². The monoisotopic (exact) mass is 435 g/mol. The van der Waals surface area contributed by atoms with Gasteiger partial charge in [0.15, 0.2) is 17.2 Å². The lowest BCUT2D eigenvalue weighted by molar-refractivity contribution is -0.143. The predicted molar refractivity (Wildman–Crippen MR) is 102 cm³/mol. The lowest BCUT2D eigenvalue weighted by atomic mass is 10.1. The Balaban J connectivity index is 1.50. The molecule has 2 heterocycles. The highest BCUT2D eigenvalue weighted by atomic mass is 19.4. The third-order valence-corrected chi connectivity index (χ3v) is 4.67. The minimum atomic E-state index is -4.92. The van der Waals surface area contributed by atoms with Gasteiger partial charge in [-0.1, -0.05) is 18.2 Å². The van der Waals surface area contributed by atoms with Crippen LogP contribution in [0.3, 0.4) is 0 Å². The standard InChI is InChI=1S/C21H17F4N3O3/c22-15-3-1-2-4-16(15)28-19(21(23,24)25)14(12-27-28)20(29)26-8-7-13-5-6-17-18(11-13)31-10-9-30-17/h1-6,11-12H,7-10H2,(H,26,29). The molecule has 2 aromatic carbocycles. The van der Waals surface area contributed by atoms with Gasteiger partial charge in [0, 0.05) is 6.54 Å². The third-order valence-electron chi connectivity index (χ3n) is 4.67. The Morgan fingerprint density at radius 3 is 2.58 bits per heavy atom. The molecular formula is C21H17F4N3O3. The Morgan fingerprint density at radius 2 is 1.84 bits per heavy atom. The number of carbonyl (C=O) groups is 1. The van der Waals surface area contributed by atoms with E-state index in [1.54, 1.807) is 18.2 Å². The quantitative estimate of drug-likeness (QED) is 0.620. The second-order valence-electron chi connectivity index (χ2n) is 6.75. The summed E-state index contributed by atoms with van der Waals surface area (Å²) in [4.78, 5) is 12.5. The highest BCUT2D eigenvalue weighted by Crippen LogP contribution is 2.34. The molecule has 0 saturated carbocycles. The van der Waals surface area contributed by atoms with Gasteiger partial charge in [0.05, 0.1) is 11.8 Å². The number of hydrogen-bond acceptors (Lipinski definition) is 4.